The first-order chi connectivity index (χ1) is 8.58. The van der Waals surface area contributed by atoms with E-state index in [1.807, 2.05) is 26.1 Å². The molecule has 0 radical (unpaired) electrons. The summed E-state index contributed by atoms with van der Waals surface area (Å²) in [7, 11) is 1.83. The maximum absolute atomic E-state index is 11.9. The Bertz CT molecular complexity index is 553. The maximum Gasteiger partial charge on any atom is 0.224 e. The predicted molar refractivity (Wildman–Crippen MR) is 83.8 cm³/mol. The lowest BCUT2D eigenvalue weighted by molar-refractivity contribution is -0.130. The number of rotatable bonds is 4. The molecule has 0 aliphatic heterocycles. The summed E-state index contributed by atoms with van der Waals surface area (Å²) in [6.45, 7) is 2.50. The molecular formula is C14H19ClN2OS. The molecule has 0 saturated carbocycles. The van der Waals surface area contributed by atoms with Gasteiger partial charge >= 0.3 is 0 Å². The fourth-order valence-corrected chi connectivity index (χ4v) is 2.88. The number of amides is 1. The number of carbonyl (C=O) groups is 1. The van der Waals surface area contributed by atoms with Gasteiger partial charge in [0.25, 0.3) is 0 Å². The molecule has 1 aromatic heterocycles. The highest BCUT2D eigenvalue weighted by atomic mass is 35.5. The van der Waals surface area contributed by atoms with Gasteiger partial charge in [0.1, 0.15) is 0 Å². The molecule has 1 atom stereocenters. The Morgan fingerprint density at radius 2 is 2.11 bits per heavy atom. The van der Waals surface area contributed by atoms with Crippen molar-refractivity contribution in [2.45, 2.75) is 25.9 Å². The monoisotopic (exact) mass is 298 g/mol. The highest BCUT2D eigenvalue weighted by Gasteiger charge is 2.13. The molecule has 0 spiro atoms. The number of fused-ring (bicyclic) bond motifs is 1. The lowest BCUT2D eigenvalue weighted by Crippen LogP contribution is -2.31. The minimum absolute atomic E-state index is 0. The van der Waals surface area contributed by atoms with Crippen molar-refractivity contribution in [2.75, 3.05) is 7.05 Å². The van der Waals surface area contributed by atoms with Crippen LogP contribution in [-0.4, -0.2) is 23.9 Å². The summed E-state index contributed by atoms with van der Waals surface area (Å²) >= 11 is 1.72. The molecule has 0 fully saturated rings. The molecule has 2 N–H and O–H groups in total. The summed E-state index contributed by atoms with van der Waals surface area (Å²) in [5, 5.41) is 3.36. The molecule has 1 unspecified atom stereocenters. The van der Waals surface area contributed by atoms with Crippen LogP contribution >= 0.6 is 23.7 Å². The van der Waals surface area contributed by atoms with Crippen molar-refractivity contribution in [2.24, 2.45) is 5.73 Å². The Kier molecular flexibility index (Phi) is 5.79. The molecule has 1 aromatic carbocycles. The first kappa shape index (κ1) is 16.0. The molecule has 1 heterocycles. The third-order valence-corrected chi connectivity index (χ3v) is 3.90. The van der Waals surface area contributed by atoms with Crippen LogP contribution in [0, 0.1) is 0 Å². The van der Waals surface area contributed by atoms with Crippen molar-refractivity contribution >= 4 is 39.7 Å². The van der Waals surface area contributed by atoms with Gasteiger partial charge in [-0.05, 0) is 29.3 Å². The number of nitrogens with two attached hydrogens (primary N) is 1. The fourth-order valence-electron chi connectivity index (χ4n) is 1.93. The van der Waals surface area contributed by atoms with Gasteiger partial charge in [-0.1, -0.05) is 18.2 Å². The zero-order valence-corrected chi connectivity index (χ0v) is 12.8. The van der Waals surface area contributed by atoms with E-state index in [4.69, 9.17) is 5.73 Å². The standard InChI is InChI=1S/C14H18N2OS.ClH/c1-10(15)7-14(17)16(2)8-11-9-18-13-6-4-3-5-12(11)13;/h3-6,9-10H,7-8,15H2,1-2H3;1H. The largest absolute Gasteiger partial charge is 0.341 e. The Balaban J connectivity index is 0.00000180. The third-order valence-electron chi connectivity index (χ3n) is 2.89. The van der Waals surface area contributed by atoms with Crippen LogP contribution in [0.5, 0.6) is 0 Å². The second kappa shape index (κ2) is 6.89. The fraction of sp³-hybridized carbons (Fsp3) is 0.357. The van der Waals surface area contributed by atoms with E-state index in [1.165, 1.54) is 15.6 Å². The van der Waals surface area contributed by atoms with Crippen molar-refractivity contribution in [3.63, 3.8) is 0 Å². The molecule has 19 heavy (non-hydrogen) atoms. The topological polar surface area (TPSA) is 46.3 Å². The van der Waals surface area contributed by atoms with Crippen LogP contribution in [0.2, 0.25) is 0 Å². The number of nitrogens with zero attached hydrogens (tertiary/aromatic N) is 1. The molecule has 3 nitrogen and oxygen atoms in total. The third kappa shape index (κ3) is 3.93. The van der Waals surface area contributed by atoms with Gasteiger partial charge in [0, 0.05) is 30.8 Å². The van der Waals surface area contributed by atoms with E-state index >= 15 is 0 Å². The first-order valence-corrected chi connectivity index (χ1v) is 6.90. The van der Waals surface area contributed by atoms with Crippen molar-refractivity contribution in [3.05, 3.63) is 35.2 Å². The normalized spacial score (nSPS) is 11.9. The van der Waals surface area contributed by atoms with Crippen molar-refractivity contribution in [3.8, 4) is 0 Å². The smallest absolute Gasteiger partial charge is 0.224 e. The molecular weight excluding hydrogens is 280 g/mol. The summed E-state index contributed by atoms with van der Waals surface area (Å²) in [4.78, 5) is 13.6. The zero-order valence-electron chi connectivity index (χ0n) is 11.1. The van der Waals surface area contributed by atoms with Gasteiger partial charge in [-0.2, -0.15) is 0 Å². The highest BCUT2D eigenvalue weighted by molar-refractivity contribution is 7.17. The van der Waals surface area contributed by atoms with Gasteiger partial charge in [0.2, 0.25) is 5.91 Å². The number of hydrogen-bond donors (Lipinski definition) is 1. The van der Waals surface area contributed by atoms with Crippen molar-refractivity contribution < 1.29 is 4.79 Å². The molecule has 0 bridgehead atoms. The van der Waals surface area contributed by atoms with Crippen molar-refractivity contribution in [1.29, 1.82) is 0 Å². The van der Waals surface area contributed by atoms with Gasteiger partial charge in [-0.3, -0.25) is 4.79 Å². The van der Waals surface area contributed by atoms with E-state index in [0.29, 0.717) is 13.0 Å². The second-order valence-electron chi connectivity index (χ2n) is 4.69. The average Bonchev–Trinajstić information content (AvgIpc) is 2.72. The summed E-state index contributed by atoms with van der Waals surface area (Å²) in [6.07, 6.45) is 0.401. The minimum atomic E-state index is -0.0841. The van der Waals surface area contributed by atoms with Crippen LogP contribution in [0.1, 0.15) is 18.9 Å². The first-order valence-electron chi connectivity index (χ1n) is 6.02. The quantitative estimate of drug-likeness (QED) is 0.943. The molecule has 0 aliphatic carbocycles. The summed E-state index contributed by atoms with van der Waals surface area (Å²) in [6, 6.07) is 8.19. The molecule has 104 valence electrons. The molecule has 0 saturated heterocycles. The van der Waals surface area contributed by atoms with E-state index in [9.17, 15) is 4.79 Å². The number of halogens is 1. The van der Waals surface area contributed by atoms with E-state index in [-0.39, 0.29) is 24.4 Å². The predicted octanol–water partition coefficient (Wildman–Crippen LogP) is 3.02. The molecule has 1 amide bonds. The van der Waals surface area contributed by atoms with Crippen LogP contribution in [0.3, 0.4) is 0 Å². The Hall–Kier alpha value is -1.10. The second-order valence-corrected chi connectivity index (χ2v) is 5.60. The van der Waals surface area contributed by atoms with E-state index in [2.05, 4.69) is 17.5 Å². The highest BCUT2D eigenvalue weighted by Crippen LogP contribution is 2.26. The van der Waals surface area contributed by atoms with E-state index in [0.717, 1.165) is 0 Å². The molecule has 5 heteroatoms. The maximum atomic E-state index is 11.9. The van der Waals surface area contributed by atoms with Crippen LogP contribution in [-0.2, 0) is 11.3 Å². The lowest BCUT2D eigenvalue weighted by Gasteiger charge is -2.18. The summed E-state index contributed by atoms with van der Waals surface area (Å²) in [5.74, 6) is 0.0975. The minimum Gasteiger partial charge on any atom is -0.341 e. The Morgan fingerprint density at radius 3 is 2.79 bits per heavy atom. The SMILES string of the molecule is CC(N)CC(=O)N(C)Cc1csc2ccccc12.Cl. The van der Waals surface area contributed by atoms with E-state index in [1.54, 1.807) is 16.2 Å². The van der Waals surface area contributed by atoms with Gasteiger partial charge in [0.15, 0.2) is 0 Å². The van der Waals surface area contributed by atoms with Gasteiger partial charge in [0.05, 0.1) is 0 Å². The van der Waals surface area contributed by atoms with Crippen LogP contribution in [0.25, 0.3) is 10.1 Å². The zero-order chi connectivity index (χ0) is 13.1. The van der Waals surface area contributed by atoms with Crippen LogP contribution in [0.4, 0.5) is 0 Å². The van der Waals surface area contributed by atoms with Gasteiger partial charge in [-0.25, -0.2) is 0 Å². The Morgan fingerprint density at radius 1 is 1.42 bits per heavy atom. The molecule has 2 rings (SSSR count). The van der Waals surface area contributed by atoms with Crippen LogP contribution in [0.15, 0.2) is 29.6 Å². The average molecular weight is 299 g/mol. The van der Waals surface area contributed by atoms with Gasteiger partial charge in [-0.15, -0.1) is 23.7 Å². The number of carbonyl (C=O) groups excluding carboxylic acids is 1. The number of benzene rings is 1. The Labute approximate surface area is 123 Å². The number of thiophene rings is 1. The van der Waals surface area contributed by atoms with Gasteiger partial charge < -0.3 is 10.6 Å². The van der Waals surface area contributed by atoms with Crippen LogP contribution < -0.4 is 5.73 Å². The summed E-state index contributed by atoms with van der Waals surface area (Å²) < 4.78 is 1.26. The van der Waals surface area contributed by atoms with Crippen molar-refractivity contribution in [1.82, 2.24) is 4.90 Å². The lowest BCUT2D eigenvalue weighted by atomic mass is 10.1. The molecule has 2 aromatic rings. The number of hydrogen-bond acceptors (Lipinski definition) is 3. The van der Waals surface area contributed by atoms with E-state index < -0.39 is 0 Å². The summed E-state index contributed by atoms with van der Waals surface area (Å²) in [5.41, 5.74) is 6.85. The molecule has 0 aliphatic rings.